The standard InChI is InChI=1S/C22H22N4O3/c1-16-21(17(2)25(24-16)15-19-7-4-3-5-8-19)14-23-22(27)12-11-18-9-6-10-20(13-18)26(28)29/h3-13H,14-15H2,1-2H3,(H,23,27)/b12-11+. The van der Waals surface area contributed by atoms with Crippen LogP contribution in [0.4, 0.5) is 5.69 Å². The molecule has 148 valence electrons. The maximum Gasteiger partial charge on any atom is 0.270 e. The first kappa shape index (κ1) is 20.0. The predicted molar refractivity (Wildman–Crippen MR) is 111 cm³/mol. The van der Waals surface area contributed by atoms with Gasteiger partial charge in [0, 0.05) is 36.0 Å². The predicted octanol–water partition coefficient (Wildman–Crippen LogP) is 3.79. The number of nitro groups is 1. The van der Waals surface area contributed by atoms with Gasteiger partial charge in [0.05, 0.1) is 17.2 Å². The van der Waals surface area contributed by atoms with Crippen molar-refractivity contribution in [2.45, 2.75) is 26.9 Å². The van der Waals surface area contributed by atoms with Gasteiger partial charge in [-0.05, 0) is 31.1 Å². The molecule has 2 aromatic carbocycles. The van der Waals surface area contributed by atoms with Crippen LogP contribution in [-0.2, 0) is 17.9 Å². The molecular formula is C22H22N4O3. The van der Waals surface area contributed by atoms with Crippen LogP contribution in [0.1, 0.15) is 28.1 Å². The Morgan fingerprint density at radius 2 is 1.93 bits per heavy atom. The third-order valence-electron chi connectivity index (χ3n) is 4.65. The fourth-order valence-electron chi connectivity index (χ4n) is 3.05. The summed E-state index contributed by atoms with van der Waals surface area (Å²) < 4.78 is 1.94. The van der Waals surface area contributed by atoms with Gasteiger partial charge < -0.3 is 5.32 Å². The molecule has 1 heterocycles. The minimum absolute atomic E-state index is 0.00959. The Hall–Kier alpha value is -3.74. The van der Waals surface area contributed by atoms with E-state index in [-0.39, 0.29) is 11.6 Å². The number of benzene rings is 2. The molecule has 3 rings (SSSR count). The quantitative estimate of drug-likeness (QED) is 0.378. The molecule has 1 aromatic heterocycles. The van der Waals surface area contributed by atoms with Crippen LogP contribution in [0.5, 0.6) is 0 Å². The van der Waals surface area contributed by atoms with Crippen LogP contribution in [0.3, 0.4) is 0 Å². The summed E-state index contributed by atoms with van der Waals surface area (Å²) in [4.78, 5) is 22.5. The van der Waals surface area contributed by atoms with Gasteiger partial charge in [-0.15, -0.1) is 0 Å². The van der Waals surface area contributed by atoms with Crippen molar-refractivity contribution in [3.8, 4) is 0 Å². The Bertz CT molecular complexity index is 1060. The first-order chi connectivity index (χ1) is 13.9. The zero-order chi connectivity index (χ0) is 20.8. The normalized spacial score (nSPS) is 11.0. The topological polar surface area (TPSA) is 90.1 Å². The van der Waals surface area contributed by atoms with E-state index in [1.807, 2.05) is 36.7 Å². The molecule has 0 fully saturated rings. The second-order valence-electron chi connectivity index (χ2n) is 6.70. The van der Waals surface area contributed by atoms with E-state index in [4.69, 9.17) is 0 Å². The second-order valence-corrected chi connectivity index (χ2v) is 6.70. The number of nitrogens with zero attached hydrogens (tertiary/aromatic N) is 3. The van der Waals surface area contributed by atoms with Crippen LogP contribution >= 0.6 is 0 Å². The van der Waals surface area contributed by atoms with Crippen molar-refractivity contribution in [2.75, 3.05) is 0 Å². The van der Waals surface area contributed by atoms with E-state index < -0.39 is 4.92 Å². The molecule has 0 saturated heterocycles. The lowest BCUT2D eigenvalue weighted by Crippen LogP contribution is -2.21. The number of aromatic nitrogens is 2. The number of nitro benzene ring substituents is 1. The highest BCUT2D eigenvalue weighted by atomic mass is 16.6. The Morgan fingerprint density at radius 1 is 1.17 bits per heavy atom. The fourth-order valence-corrected chi connectivity index (χ4v) is 3.05. The van der Waals surface area contributed by atoms with Crippen molar-refractivity contribution in [3.63, 3.8) is 0 Å². The van der Waals surface area contributed by atoms with E-state index in [1.165, 1.54) is 18.2 Å². The van der Waals surface area contributed by atoms with Crippen molar-refractivity contribution in [2.24, 2.45) is 0 Å². The summed E-state index contributed by atoms with van der Waals surface area (Å²) in [5, 5.41) is 18.3. The molecule has 0 aliphatic heterocycles. The molecular weight excluding hydrogens is 368 g/mol. The number of carbonyl (C=O) groups excluding carboxylic acids is 1. The van der Waals surface area contributed by atoms with Crippen LogP contribution in [0.15, 0.2) is 60.7 Å². The van der Waals surface area contributed by atoms with Crippen LogP contribution in [-0.4, -0.2) is 20.6 Å². The lowest BCUT2D eigenvalue weighted by molar-refractivity contribution is -0.384. The van der Waals surface area contributed by atoms with Crippen molar-refractivity contribution in [3.05, 3.63) is 98.9 Å². The van der Waals surface area contributed by atoms with Crippen molar-refractivity contribution in [1.82, 2.24) is 15.1 Å². The SMILES string of the molecule is Cc1nn(Cc2ccccc2)c(C)c1CNC(=O)/C=C/c1cccc([N+](=O)[O-])c1. The number of nitrogens with one attached hydrogen (secondary N) is 1. The van der Waals surface area contributed by atoms with E-state index in [1.54, 1.807) is 18.2 Å². The lowest BCUT2D eigenvalue weighted by atomic mass is 10.1. The summed E-state index contributed by atoms with van der Waals surface area (Å²) in [5.74, 6) is -0.272. The molecule has 0 aliphatic carbocycles. The summed E-state index contributed by atoms with van der Waals surface area (Å²) in [7, 11) is 0. The summed E-state index contributed by atoms with van der Waals surface area (Å²) in [6.45, 7) is 4.96. The zero-order valence-corrected chi connectivity index (χ0v) is 16.3. The molecule has 0 unspecified atom stereocenters. The summed E-state index contributed by atoms with van der Waals surface area (Å²) in [6, 6.07) is 16.2. The van der Waals surface area contributed by atoms with E-state index in [9.17, 15) is 14.9 Å². The summed E-state index contributed by atoms with van der Waals surface area (Å²) in [5.41, 5.74) is 4.62. The van der Waals surface area contributed by atoms with Gasteiger partial charge in [-0.2, -0.15) is 5.10 Å². The molecule has 1 N–H and O–H groups in total. The molecule has 7 nitrogen and oxygen atoms in total. The molecule has 0 spiro atoms. The Labute approximate surface area is 168 Å². The van der Waals surface area contributed by atoms with Crippen molar-refractivity contribution >= 4 is 17.7 Å². The van der Waals surface area contributed by atoms with Crippen LogP contribution in [0, 0.1) is 24.0 Å². The van der Waals surface area contributed by atoms with E-state index in [2.05, 4.69) is 22.5 Å². The van der Waals surface area contributed by atoms with Crippen LogP contribution < -0.4 is 5.32 Å². The zero-order valence-electron chi connectivity index (χ0n) is 16.3. The average molecular weight is 390 g/mol. The van der Waals surface area contributed by atoms with E-state index in [0.29, 0.717) is 18.7 Å². The molecule has 1 amide bonds. The molecule has 0 saturated carbocycles. The maximum absolute atomic E-state index is 12.2. The molecule has 0 bridgehead atoms. The van der Waals surface area contributed by atoms with Gasteiger partial charge >= 0.3 is 0 Å². The Kier molecular flexibility index (Phi) is 6.19. The van der Waals surface area contributed by atoms with Gasteiger partial charge in [-0.3, -0.25) is 19.6 Å². The number of hydrogen-bond acceptors (Lipinski definition) is 4. The first-order valence-corrected chi connectivity index (χ1v) is 9.21. The number of amides is 1. The number of hydrogen-bond donors (Lipinski definition) is 1. The minimum atomic E-state index is -0.462. The number of rotatable bonds is 7. The van der Waals surface area contributed by atoms with Crippen LogP contribution in [0.2, 0.25) is 0 Å². The smallest absolute Gasteiger partial charge is 0.270 e. The van der Waals surface area contributed by atoms with Crippen molar-refractivity contribution in [1.29, 1.82) is 0 Å². The minimum Gasteiger partial charge on any atom is -0.348 e. The average Bonchev–Trinajstić information content (AvgIpc) is 2.98. The van der Waals surface area contributed by atoms with Crippen molar-refractivity contribution < 1.29 is 9.72 Å². The number of non-ortho nitro benzene ring substituents is 1. The molecule has 0 atom stereocenters. The summed E-state index contributed by atoms with van der Waals surface area (Å²) >= 11 is 0. The second kappa shape index (κ2) is 8.97. The van der Waals surface area contributed by atoms with Gasteiger partial charge in [0.25, 0.3) is 5.69 Å². The van der Waals surface area contributed by atoms with E-state index >= 15 is 0 Å². The monoisotopic (exact) mass is 390 g/mol. The van der Waals surface area contributed by atoms with Gasteiger partial charge in [0.2, 0.25) is 5.91 Å². The van der Waals surface area contributed by atoms with Crippen LogP contribution in [0.25, 0.3) is 6.08 Å². The lowest BCUT2D eigenvalue weighted by Gasteiger charge is -2.06. The molecule has 0 aliphatic rings. The number of aryl methyl sites for hydroxylation is 1. The van der Waals surface area contributed by atoms with Gasteiger partial charge in [-0.1, -0.05) is 42.5 Å². The van der Waals surface area contributed by atoms with Gasteiger partial charge in [0.1, 0.15) is 0 Å². The third kappa shape index (κ3) is 5.16. The fraction of sp³-hybridized carbons (Fsp3) is 0.182. The van der Waals surface area contributed by atoms with Gasteiger partial charge in [0.15, 0.2) is 0 Å². The highest BCUT2D eigenvalue weighted by Crippen LogP contribution is 2.16. The summed E-state index contributed by atoms with van der Waals surface area (Å²) in [6.07, 6.45) is 2.93. The van der Waals surface area contributed by atoms with E-state index in [0.717, 1.165) is 22.5 Å². The molecule has 0 radical (unpaired) electrons. The first-order valence-electron chi connectivity index (χ1n) is 9.21. The third-order valence-corrected chi connectivity index (χ3v) is 4.65. The highest BCUT2D eigenvalue weighted by molar-refractivity contribution is 5.91. The Morgan fingerprint density at radius 3 is 2.66 bits per heavy atom. The maximum atomic E-state index is 12.2. The molecule has 7 heteroatoms. The highest BCUT2D eigenvalue weighted by Gasteiger charge is 2.12. The van der Waals surface area contributed by atoms with Gasteiger partial charge in [-0.25, -0.2) is 0 Å². The molecule has 3 aromatic rings. The Balaban J connectivity index is 1.63. The molecule has 29 heavy (non-hydrogen) atoms. The number of carbonyl (C=O) groups is 1. The largest absolute Gasteiger partial charge is 0.348 e.